The first-order valence-corrected chi connectivity index (χ1v) is 7.09. The van der Waals surface area contributed by atoms with Crippen molar-refractivity contribution in [1.29, 1.82) is 0 Å². The van der Waals surface area contributed by atoms with Crippen LogP contribution in [0.4, 0.5) is 0 Å². The van der Waals surface area contributed by atoms with Crippen LogP contribution in [0, 0.1) is 0 Å². The van der Waals surface area contributed by atoms with E-state index in [4.69, 9.17) is 4.74 Å². The van der Waals surface area contributed by atoms with Crippen LogP contribution in [0.1, 0.15) is 61.3 Å². The van der Waals surface area contributed by atoms with Crippen LogP contribution in [0.3, 0.4) is 0 Å². The van der Waals surface area contributed by atoms with Gasteiger partial charge in [0, 0.05) is 6.42 Å². The lowest BCUT2D eigenvalue weighted by Crippen LogP contribution is -1.97. The molecule has 1 nitrogen and oxygen atoms in total. The van der Waals surface area contributed by atoms with E-state index in [0.29, 0.717) is 6.10 Å². The van der Waals surface area contributed by atoms with E-state index in [1.54, 1.807) is 0 Å². The van der Waals surface area contributed by atoms with Crippen LogP contribution in [-0.4, -0.2) is 6.10 Å². The normalized spacial score (nSPS) is 19.4. The highest BCUT2D eigenvalue weighted by Gasteiger charge is 2.18. The standard InChI is InChI=1S/C10H12O.3C2H6/c1-8-7-9-5-3-2-4-6-10(9)11-8;3*1-2/h3-6,8H,2,7H2,1H3;3*1-2H3/t8-;;;/m1.../s1. The molecule has 1 atom stereocenters. The summed E-state index contributed by atoms with van der Waals surface area (Å²) >= 11 is 0. The van der Waals surface area contributed by atoms with Gasteiger partial charge in [0.25, 0.3) is 0 Å². The van der Waals surface area contributed by atoms with Crippen molar-refractivity contribution >= 4 is 0 Å². The molecular formula is C16H30O. The largest absolute Gasteiger partial charge is 0.490 e. The number of hydrogen-bond donors (Lipinski definition) is 0. The molecular weight excluding hydrogens is 208 g/mol. The zero-order chi connectivity index (χ0) is 13.7. The summed E-state index contributed by atoms with van der Waals surface area (Å²) in [7, 11) is 0. The number of rotatable bonds is 0. The Labute approximate surface area is 108 Å². The summed E-state index contributed by atoms with van der Waals surface area (Å²) in [6.45, 7) is 14.1. The minimum Gasteiger partial charge on any atom is -0.490 e. The van der Waals surface area contributed by atoms with Gasteiger partial charge in [-0.15, -0.1) is 0 Å². The average molecular weight is 238 g/mol. The van der Waals surface area contributed by atoms with E-state index in [-0.39, 0.29) is 0 Å². The first-order valence-electron chi connectivity index (χ1n) is 7.09. The van der Waals surface area contributed by atoms with Gasteiger partial charge in [-0.2, -0.15) is 0 Å². The van der Waals surface area contributed by atoms with Crippen LogP contribution in [0.15, 0.2) is 35.6 Å². The molecule has 0 radical (unpaired) electrons. The van der Waals surface area contributed by atoms with Gasteiger partial charge in [-0.05, 0) is 25.0 Å². The highest BCUT2D eigenvalue weighted by Crippen LogP contribution is 2.28. The van der Waals surface area contributed by atoms with E-state index in [1.807, 2.05) is 41.5 Å². The molecule has 1 aliphatic carbocycles. The van der Waals surface area contributed by atoms with E-state index >= 15 is 0 Å². The molecule has 1 aliphatic heterocycles. The Morgan fingerprint density at radius 3 is 2.06 bits per heavy atom. The Balaban J connectivity index is 0. The molecule has 0 aromatic carbocycles. The van der Waals surface area contributed by atoms with Crippen molar-refractivity contribution < 1.29 is 4.74 Å². The molecule has 0 N–H and O–H groups in total. The van der Waals surface area contributed by atoms with Gasteiger partial charge in [0.15, 0.2) is 0 Å². The second kappa shape index (κ2) is 13.1. The van der Waals surface area contributed by atoms with E-state index in [9.17, 15) is 0 Å². The monoisotopic (exact) mass is 238 g/mol. The van der Waals surface area contributed by atoms with Gasteiger partial charge in [0.2, 0.25) is 0 Å². The van der Waals surface area contributed by atoms with Crippen LogP contribution in [0.25, 0.3) is 0 Å². The molecule has 2 aliphatic rings. The molecule has 0 spiro atoms. The third-order valence-corrected chi connectivity index (χ3v) is 2.01. The van der Waals surface area contributed by atoms with Crippen LogP contribution in [0.5, 0.6) is 0 Å². The SMILES string of the molecule is CC.CC.CC.C[C@@H]1CC2=C(C=CCC=C2)O1. The summed E-state index contributed by atoms with van der Waals surface area (Å²) in [5.74, 6) is 1.08. The third kappa shape index (κ3) is 7.04. The number of hydrogen-bond acceptors (Lipinski definition) is 1. The van der Waals surface area contributed by atoms with E-state index < -0.39 is 0 Å². The highest BCUT2D eigenvalue weighted by atomic mass is 16.5. The van der Waals surface area contributed by atoms with Gasteiger partial charge in [-0.1, -0.05) is 59.8 Å². The van der Waals surface area contributed by atoms with Gasteiger partial charge in [0.05, 0.1) is 0 Å². The molecule has 1 heterocycles. The maximum Gasteiger partial charge on any atom is 0.122 e. The Bertz CT molecular complexity index is 222. The molecule has 1 heteroatoms. The molecule has 0 bridgehead atoms. The van der Waals surface area contributed by atoms with Crippen molar-refractivity contribution in [3.8, 4) is 0 Å². The maximum absolute atomic E-state index is 5.59. The predicted octanol–water partition coefficient (Wildman–Crippen LogP) is 5.64. The molecule has 17 heavy (non-hydrogen) atoms. The van der Waals surface area contributed by atoms with Crippen LogP contribution in [0.2, 0.25) is 0 Å². The molecule has 0 unspecified atom stereocenters. The Kier molecular flexibility index (Phi) is 14.2. The average Bonchev–Trinajstić information content (AvgIpc) is 2.63. The van der Waals surface area contributed by atoms with Gasteiger partial charge >= 0.3 is 0 Å². The minimum absolute atomic E-state index is 0.368. The molecule has 2 rings (SSSR count). The lowest BCUT2D eigenvalue weighted by Gasteiger charge is -2.03. The molecule has 0 fully saturated rings. The fraction of sp³-hybridized carbons (Fsp3) is 0.625. The van der Waals surface area contributed by atoms with Crippen molar-refractivity contribution in [2.45, 2.75) is 67.4 Å². The lowest BCUT2D eigenvalue weighted by atomic mass is 10.1. The Hall–Kier alpha value is -0.980. The summed E-state index contributed by atoms with van der Waals surface area (Å²) in [5.41, 5.74) is 1.35. The quantitative estimate of drug-likeness (QED) is 0.530. The number of ether oxygens (including phenoxy) is 1. The maximum atomic E-state index is 5.59. The number of allylic oxidation sites excluding steroid dienone is 4. The summed E-state index contributed by atoms with van der Waals surface area (Å²) in [5, 5.41) is 0. The molecule has 100 valence electrons. The molecule has 0 saturated carbocycles. The first kappa shape index (κ1) is 18.4. The van der Waals surface area contributed by atoms with Crippen molar-refractivity contribution in [3.63, 3.8) is 0 Å². The smallest absolute Gasteiger partial charge is 0.122 e. The highest BCUT2D eigenvalue weighted by molar-refractivity contribution is 5.35. The second-order valence-electron chi connectivity index (χ2n) is 3.06. The lowest BCUT2D eigenvalue weighted by molar-refractivity contribution is 0.169. The predicted molar refractivity (Wildman–Crippen MR) is 79.1 cm³/mol. The van der Waals surface area contributed by atoms with E-state index in [2.05, 4.69) is 31.2 Å². The first-order chi connectivity index (χ1) is 8.36. The Morgan fingerprint density at radius 1 is 0.941 bits per heavy atom. The van der Waals surface area contributed by atoms with Crippen LogP contribution in [-0.2, 0) is 4.74 Å². The van der Waals surface area contributed by atoms with Gasteiger partial charge in [-0.25, -0.2) is 0 Å². The van der Waals surface area contributed by atoms with E-state index in [0.717, 1.165) is 18.6 Å². The topological polar surface area (TPSA) is 9.23 Å². The minimum atomic E-state index is 0.368. The zero-order valence-electron chi connectivity index (χ0n) is 12.7. The van der Waals surface area contributed by atoms with Gasteiger partial charge < -0.3 is 4.74 Å². The van der Waals surface area contributed by atoms with Crippen LogP contribution < -0.4 is 0 Å². The van der Waals surface area contributed by atoms with Crippen molar-refractivity contribution in [2.24, 2.45) is 0 Å². The summed E-state index contributed by atoms with van der Waals surface area (Å²) < 4.78 is 5.59. The summed E-state index contributed by atoms with van der Waals surface area (Å²) in [6.07, 6.45) is 11.0. The third-order valence-electron chi connectivity index (χ3n) is 2.01. The summed E-state index contributed by atoms with van der Waals surface area (Å²) in [4.78, 5) is 0. The Morgan fingerprint density at radius 2 is 1.47 bits per heavy atom. The summed E-state index contributed by atoms with van der Waals surface area (Å²) in [6, 6.07) is 0. The molecule has 0 aromatic heterocycles. The fourth-order valence-corrected chi connectivity index (χ4v) is 1.50. The fourth-order valence-electron chi connectivity index (χ4n) is 1.50. The second-order valence-corrected chi connectivity index (χ2v) is 3.06. The van der Waals surface area contributed by atoms with Crippen molar-refractivity contribution in [3.05, 3.63) is 35.6 Å². The molecule has 0 aromatic rings. The van der Waals surface area contributed by atoms with Gasteiger partial charge in [0.1, 0.15) is 11.9 Å². The van der Waals surface area contributed by atoms with Crippen molar-refractivity contribution in [2.75, 3.05) is 0 Å². The van der Waals surface area contributed by atoms with E-state index in [1.165, 1.54) is 5.57 Å². The van der Waals surface area contributed by atoms with Gasteiger partial charge in [-0.3, -0.25) is 0 Å². The van der Waals surface area contributed by atoms with Crippen molar-refractivity contribution in [1.82, 2.24) is 0 Å². The van der Waals surface area contributed by atoms with Crippen LogP contribution >= 0.6 is 0 Å². The molecule has 0 amide bonds. The molecule has 0 saturated heterocycles. The zero-order valence-corrected chi connectivity index (χ0v) is 12.7.